The van der Waals surface area contributed by atoms with E-state index in [0.29, 0.717) is 33.5 Å². The molecule has 0 aliphatic rings. The van der Waals surface area contributed by atoms with E-state index in [1.54, 1.807) is 24.3 Å². The standard InChI is InChI=1S/C20H19ClN4O4/c1-27-17-10-19(29-3)18(28-2)8-12(17)11-22-25-20(26)16-9-15(23-24-16)13-6-4-5-7-14(13)21/h4-11H,1-3H3,(H,23,24)(H,25,26). The zero-order valence-corrected chi connectivity index (χ0v) is 16.8. The summed E-state index contributed by atoms with van der Waals surface area (Å²) in [5.74, 6) is 1.10. The SMILES string of the molecule is COc1cc(OC)c(OC)cc1C=NNC(=O)c1cc(-c2ccccc2Cl)n[nH]1. The number of amides is 1. The Kier molecular flexibility index (Phi) is 6.36. The molecule has 0 aliphatic carbocycles. The maximum absolute atomic E-state index is 12.3. The fraction of sp³-hybridized carbons (Fsp3) is 0.150. The van der Waals surface area contributed by atoms with E-state index in [2.05, 4.69) is 20.7 Å². The summed E-state index contributed by atoms with van der Waals surface area (Å²) in [5.41, 5.74) is 4.58. The van der Waals surface area contributed by atoms with Gasteiger partial charge >= 0.3 is 0 Å². The fourth-order valence-corrected chi connectivity index (χ4v) is 2.85. The number of hydrogen-bond acceptors (Lipinski definition) is 6. The monoisotopic (exact) mass is 414 g/mol. The number of carbonyl (C=O) groups excluding carboxylic acids is 1. The predicted octanol–water partition coefficient (Wildman–Crippen LogP) is 3.52. The number of halogens is 1. The van der Waals surface area contributed by atoms with Gasteiger partial charge in [-0.15, -0.1) is 0 Å². The molecule has 8 nitrogen and oxygen atoms in total. The lowest BCUT2D eigenvalue weighted by Gasteiger charge is -2.11. The highest BCUT2D eigenvalue weighted by Gasteiger charge is 2.13. The molecule has 3 rings (SSSR count). The van der Waals surface area contributed by atoms with E-state index in [1.807, 2.05) is 18.2 Å². The van der Waals surface area contributed by atoms with Gasteiger partial charge in [0.1, 0.15) is 11.4 Å². The molecule has 0 radical (unpaired) electrons. The number of ether oxygens (including phenoxy) is 3. The Labute approximate surface area is 172 Å². The molecule has 2 aromatic carbocycles. The molecule has 9 heteroatoms. The summed E-state index contributed by atoms with van der Waals surface area (Å²) in [6.07, 6.45) is 1.45. The van der Waals surface area contributed by atoms with Crippen LogP contribution in [-0.2, 0) is 0 Å². The van der Waals surface area contributed by atoms with Crippen LogP contribution < -0.4 is 19.6 Å². The number of aromatic nitrogens is 2. The minimum Gasteiger partial charge on any atom is -0.496 e. The van der Waals surface area contributed by atoms with Crippen molar-refractivity contribution >= 4 is 23.7 Å². The normalized spacial score (nSPS) is 10.8. The molecule has 1 aromatic heterocycles. The number of nitrogens with one attached hydrogen (secondary N) is 2. The fourth-order valence-electron chi connectivity index (χ4n) is 2.62. The second kappa shape index (κ2) is 9.11. The van der Waals surface area contributed by atoms with Gasteiger partial charge in [-0.25, -0.2) is 5.43 Å². The van der Waals surface area contributed by atoms with Crippen LogP contribution in [0, 0.1) is 0 Å². The van der Waals surface area contributed by atoms with E-state index < -0.39 is 5.91 Å². The minimum absolute atomic E-state index is 0.247. The van der Waals surface area contributed by atoms with Crippen molar-refractivity contribution in [3.63, 3.8) is 0 Å². The smallest absolute Gasteiger partial charge is 0.289 e. The Morgan fingerprint density at radius 3 is 2.45 bits per heavy atom. The molecule has 2 N–H and O–H groups in total. The number of carbonyl (C=O) groups is 1. The predicted molar refractivity (Wildman–Crippen MR) is 110 cm³/mol. The van der Waals surface area contributed by atoms with Gasteiger partial charge in [-0.2, -0.15) is 10.2 Å². The van der Waals surface area contributed by atoms with Crippen LogP contribution in [0.25, 0.3) is 11.3 Å². The molecule has 3 aromatic rings. The molecule has 0 saturated heterocycles. The highest BCUT2D eigenvalue weighted by Crippen LogP contribution is 2.33. The van der Waals surface area contributed by atoms with Crippen molar-refractivity contribution in [2.75, 3.05) is 21.3 Å². The zero-order valence-electron chi connectivity index (χ0n) is 16.0. The number of hydrogen-bond donors (Lipinski definition) is 2. The number of hydrazone groups is 1. The van der Waals surface area contributed by atoms with Gasteiger partial charge in [0, 0.05) is 17.2 Å². The topological polar surface area (TPSA) is 97.8 Å². The summed E-state index contributed by atoms with van der Waals surface area (Å²) in [5, 5.41) is 11.3. The van der Waals surface area contributed by atoms with Crippen molar-refractivity contribution in [3.05, 3.63) is 58.7 Å². The van der Waals surface area contributed by atoms with E-state index in [4.69, 9.17) is 25.8 Å². The Balaban J connectivity index is 1.74. The van der Waals surface area contributed by atoms with E-state index in [9.17, 15) is 4.79 Å². The van der Waals surface area contributed by atoms with Gasteiger partial charge in [-0.3, -0.25) is 9.89 Å². The summed E-state index contributed by atoms with van der Waals surface area (Å²) < 4.78 is 15.8. The van der Waals surface area contributed by atoms with E-state index in [1.165, 1.54) is 27.5 Å². The first-order valence-corrected chi connectivity index (χ1v) is 8.89. The van der Waals surface area contributed by atoms with Gasteiger partial charge in [0.05, 0.1) is 38.3 Å². The van der Waals surface area contributed by atoms with Crippen LogP contribution in [0.5, 0.6) is 17.2 Å². The molecule has 0 bridgehead atoms. The van der Waals surface area contributed by atoms with Gasteiger partial charge in [-0.1, -0.05) is 29.8 Å². The van der Waals surface area contributed by atoms with Crippen molar-refractivity contribution in [2.45, 2.75) is 0 Å². The summed E-state index contributed by atoms with van der Waals surface area (Å²) in [6, 6.07) is 12.2. The van der Waals surface area contributed by atoms with Gasteiger partial charge < -0.3 is 14.2 Å². The molecule has 0 aliphatic heterocycles. The quantitative estimate of drug-likeness (QED) is 0.455. The maximum Gasteiger partial charge on any atom is 0.289 e. The summed E-state index contributed by atoms with van der Waals surface area (Å²) >= 11 is 6.16. The molecular weight excluding hydrogens is 396 g/mol. The third-order valence-corrected chi connectivity index (χ3v) is 4.41. The van der Waals surface area contributed by atoms with Crippen molar-refractivity contribution in [3.8, 4) is 28.5 Å². The van der Waals surface area contributed by atoms with Crippen molar-refractivity contribution < 1.29 is 19.0 Å². The average molecular weight is 415 g/mol. The van der Waals surface area contributed by atoms with Crippen LogP contribution in [0.1, 0.15) is 16.1 Å². The summed E-state index contributed by atoms with van der Waals surface area (Å²) in [4.78, 5) is 12.3. The lowest BCUT2D eigenvalue weighted by molar-refractivity contribution is 0.0950. The third kappa shape index (κ3) is 4.49. The van der Waals surface area contributed by atoms with Gasteiger partial charge in [-0.05, 0) is 18.2 Å². The van der Waals surface area contributed by atoms with Gasteiger partial charge in [0.25, 0.3) is 5.91 Å². The number of benzene rings is 2. The number of rotatable bonds is 7. The molecular formula is C20H19ClN4O4. The van der Waals surface area contributed by atoms with Crippen molar-refractivity contribution in [1.29, 1.82) is 0 Å². The molecule has 150 valence electrons. The highest BCUT2D eigenvalue weighted by atomic mass is 35.5. The third-order valence-electron chi connectivity index (χ3n) is 4.08. The van der Waals surface area contributed by atoms with Crippen LogP contribution in [0.15, 0.2) is 47.6 Å². The highest BCUT2D eigenvalue weighted by molar-refractivity contribution is 6.33. The van der Waals surface area contributed by atoms with E-state index >= 15 is 0 Å². The lowest BCUT2D eigenvalue weighted by Crippen LogP contribution is -2.18. The molecule has 0 spiro atoms. The first-order chi connectivity index (χ1) is 14.1. The number of aromatic amines is 1. The molecule has 0 atom stereocenters. The Morgan fingerprint density at radius 2 is 1.76 bits per heavy atom. The maximum atomic E-state index is 12.3. The molecule has 0 unspecified atom stereocenters. The van der Waals surface area contributed by atoms with Crippen LogP contribution >= 0.6 is 11.6 Å². The minimum atomic E-state index is -0.452. The molecule has 0 saturated carbocycles. The Hall–Kier alpha value is -3.52. The molecule has 0 fully saturated rings. The molecule has 29 heavy (non-hydrogen) atoms. The first-order valence-electron chi connectivity index (χ1n) is 8.51. The van der Waals surface area contributed by atoms with Crippen LogP contribution in [0.3, 0.4) is 0 Å². The Bertz CT molecular complexity index is 1050. The number of nitrogens with zero attached hydrogens (tertiary/aromatic N) is 2. The summed E-state index contributed by atoms with van der Waals surface area (Å²) in [7, 11) is 4.59. The van der Waals surface area contributed by atoms with E-state index in [0.717, 1.165) is 5.56 Å². The average Bonchev–Trinajstić information content (AvgIpc) is 3.23. The van der Waals surface area contributed by atoms with Gasteiger partial charge in [0.2, 0.25) is 0 Å². The largest absolute Gasteiger partial charge is 0.496 e. The lowest BCUT2D eigenvalue weighted by atomic mass is 10.1. The van der Waals surface area contributed by atoms with Crippen LogP contribution in [-0.4, -0.2) is 43.6 Å². The second-order valence-corrected chi connectivity index (χ2v) is 6.20. The van der Waals surface area contributed by atoms with Crippen LogP contribution in [0.4, 0.5) is 0 Å². The molecule has 1 amide bonds. The van der Waals surface area contributed by atoms with Crippen molar-refractivity contribution in [1.82, 2.24) is 15.6 Å². The second-order valence-electron chi connectivity index (χ2n) is 5.79. The number of methoxy groups -OCH3 is 3. The van der Waals surface area contributed by atoms with Crippen LogP contribution in [0.2, 0.25) is 5.02 Å². The van der Waals surface area contributed by atoms with E-state index in [-0.39, 0.29) is 5.69 Å². The molecule has 1 heterocycles. The zero-order chi connectivity index (χ0) is 20.8. The van der Waals surface area contributed by atoms with Crippen molar-refractivity contribution in [2.24, 2.45) is 5.10 Å². The first kappa shape index (κ1) is 20.2. The Morgan fingerprint density at radius 1 is 1.07 bits per heavy atom. The van der Waals surface area contributed by atoms with Gasteiger partial charge in [0.15, 0.2) is 11.5 Å². The number of H-pyrrole nitrogens is 1. The summed E-state index contributed by atoms with van der Waals surface area (Å²) in [6.45, 7) is 0.